The first-order valence-electron chi connectivity index (χ1n) is 7.11. The average molecular weight is 366 g/mol. The minimum absolute atomic E-state index is 0.0386. The van der Waals surface area contributed by atoms with E-state index < -0.39 is 11.8 Å². The first-order chi connectivity index (χ1) is 11.5. The van der Waals surface area contributed by atoms with Crippen molar-refractivity contribution in [3.05, 3.63) is 47.2 Å². The third-order valence-electron chi connectivity index (χ3n) is 3.07. The Morgan fingerprint density at radius 1 is 1.29 bits per heavy atom. The van der Waals surface area contributed by atoms with Gasteiger partial charge in [0, 0.05) is 5.02 Å². The fourth-order valence-electron chi connectivity index (χ4n) is 2.06. The van der Waals surface area contributed by atoms with E-state index in [-0.39, 0.29) is 10.7 Å². The summed E-state index contributed by atoms with van der Waals surface area (Å²) >= 11 is 6.98. The van der Waals surface area contributed by atoms with E-state index in [2.05, 4.69) is 15.6 Å². The molecule has 0 aliphatic rings. The number of nitrogens with zero attached hydrogens (tertiary/aromatic N) is 1. The summed E-state index contributed by atoms with van der Waals surface area (Å²) in [5.74, 6) is 0.135. The van der Waals surface area contributed by atoms with Crippen LogP contribution in [-0.2, 0) is 0 Å². The van der Waals surface area contributed by atoms with Gasteiger partial charge >= 0.3 is 6.03 Å². The molecular weight excluding hydrogens is 353 g/mol. The second kappa shape index (κ2) is 7.02. The van der Waals surface area contributed by atoms with Gasteiger partial charge in [0.05, 0.1) is 22.5 Å². The highest BCUT2D eigenvalue weighted by Gasteiger charge is 2.11. The molecule has 24 heavy (non-hydrogen) atoms. The zero-order chi connectivity index (χ0) is 17.1. The summed E-state index contributed by atoms with van der Waals surface area (Å²) in [5.41, 5.74) is 0.785. The Labute approximate surface area is 146 Å². The molecule has 0 bridgehead atoms. The fraction of sp³-hybridized carbons (Fsp3) is 0.125. The topological polar surface area (TPSA) is 63.2 Å². The highest BCUT2D eigenvalue weighted by atomic mass is 35.5. The van der Waals surface area contributed by atoms with Crippen molar-refractivity contribution in [1.82, 2.24) is 4.98 Å². The van der Waals surface area contributed by atoms with Gasteiger partial charge in [-0.2, -0.15) is 0 Å². The van der Waals surface area contributed by atoms with Gasteiger partial charge in [-0.1, -0.05) is 22.9 Å². The number of aromatic nitrogens is 1. The zero-order valence-electron chi connectivity index (χ0n) is 12.6. The molecule has 124 valence electrons. The lowest BCUT2D eigenvalue weighted by Crippen LogP contribution is -2.19. The van der Waals surface area contributed by atoms with Crippen LogP contribution in [0, 0.1) is 5.82 Å². The van der Waals surface area contributed by atoms with Gasteiger partial charge in [-0.25, -0.2) is 14.2 Å². The van der Waals surface area contributed by atoms with E-state index in [1.54, 1.807) is 0 Å². The molecule has 1 aromatic heterocycles. The summed E-state index contributed by atoms with van der Waals surface area (Å²) < 4.78 is 20.0. The summed E-state index contributed by atoms with van der Waals surface area (Å²) in [5, 5.41) is 5.68. The molecule has 0 radical (unpaired) electrons. The van der Waals surface area contributed by atoms with E-state index in [9.17, 15) is 9.18 Å². The summed E-state index contributed by atoms with van der Waals surface area (Å²) in [6, 6.07) is 8.93. The van der Waals surface area contributed by atoms with Crippen LogP contribution < -0.4 is 15.4 Å². The van der Waals surface area contributed by atoms with E-state index in [0.29, 0.717) is 11.7 Å². The molecule has 0 saturated heterocycles. The first kappa shape index (κ1) is 16.5. The van der Waals surface area contributed by atoms with E-state index in [1.807, 2.05) is 25.1 Å². The molecule has 0 aliphatic heterocycles. The normalized spacial score (nSPS) is 10.6. The fourth-order valence-corrected chi connectivity index (χ4v) is 3.10. The van der Waals surface area contributed by atoms with Gasteiger partial charge < -0.3 is 10.1 Å². The van der Waals surface area contributed by atoms with Gasteiger partial charge in [-0.05, 0) is 43.3 Å². The number of amides is 2. The maximum atomic E-state index is 13.7. The largest absolute Gasteiger partial charge is 0.494 e. The highest BCUT2D eigenvalue weighted by molar-refractivity contribution is 7.22. The summed E-state index contributed by atoms with van der Waals surface area (Å²) in [7, 11) is 0. The van der Waals surface area contributed by atoms with Gasteiger partial charge in [0.1, 0.15) is 11.6 Å². The third kappa shape index (κ3) is 3.74. The minimum Gasteiger partial charge on any atom is -0.494 e. The molecule has 2 amide bonds. The molecule has 0 saturated carbocycles. The molecule has 0 atom stereocenters. The Bertz CT molecular complexity index is 900. The lowest BCUT2D eigenvalue weighted by molar-refractivity contribution is 0.262. The quantitative estimate of drug-likeness (QED) is 0.673. The van der Waals surface area contributed by atoms with Crippen LogP contribution in [0.3, 0.4) is 0 Å². The van der Waals surface area contributed by atoms with Gasteiger partial charge in [0.25, 0.3) is 0 Å². The van der Waals surface area contributed by atoms with Crippen molar-refractivity contribution >= 4 is 50.0 Å². The van der Waals surface area contributed by atoms with E-state index >= 15 is 0 Å². The van der Waals surface area contributed by atoms with E-state index in [0.717, 1.165) is 22.0 Å². The Kier molecular flexibility index (Phi) is 4.82. The number of thiazole rings is 1. The number of ether oxygens (including phenoxy) is 1. The van der Waals surface area contributed by atoms with E-state index in [4.69, 9.17) is 16.3 Å². The van der Waals surface area contributed by atoms with Crippen molar-refractivity contribution in [3.63, 3.8) is 0 Å². The number of halogens is 2. The van der Waals surface area contributed by atoms with E-state index in [1.165, 1.54) is 23.5 Å². The predicted octanol–water partition coefficient (Wildman–Crippen LogP) is 5.13. The third-order valence-corrected chi connectivity index (χ3v) is 4.24. The van der Waals surface area contributed by atoms with Crippen LogP contribution in [0.4, 0.5) is 20.0 Å². The summed E-state index contributed by atoms with van der Waals surface area (Å²) in [6.45, 7) is 2.48. The number of carbonyl (C=O) groups is 1. The number of urea groups is 1. The Hall–Kier alpha value is -2.38. The smallest absolute Gasteiger partial charge is 0.325 e. The molecular formula is C16H13ClFN3O2S. The van der Waals surface area contributed by atoms with Crippen molar-refractivity contribution < 1.29 is 13.9 Å². The van der Waals surface area contributed by atoms with Gasteiger partial charge in [-0.3, -0.25) is 5.32 Å². The minimum atomic E-state index is -0.608. The molecule has 3 aromatic rings. The van der Waals surface area contributed by atoms with Gasteiger partial charge in [0.15, 0.2) is 5.13 Å². The highest BCUT2D eigenvalue weighted by Crippen LogP contribution is 2.29. The van der Waals surface area contributed by atoms with Crippen LogP contribution in [0.2, 0.25) is 5.02 Å². The van der Waals surface area contributed by atoms with Crippen molar-refractivity contribution in [3.8, 4) is 5.75 Å². The van der Waals surface area contributed by atoms with Crippen LogP contribution in [0.5, 0.6) is 5.75 Å². The van der Waals surface area contributed by atoms with Crippen molar-refractivity contribution in [2.24, 2.45) is 0 Å². The molecule has 2 N–H and O–H groups in total. The predicted molar refractivity (Wildman–Crippen MR) is 94.8 cm³/mol. The second-order valence-electron chi connectivity index (χ2n) is 4.78. The number of anilines is 2. The molecule has 8 heteroatoms. The monoisotopic (exact) mass is 365 g/mol. The van der Waals surface area contributed by atoms with Crippen LogP contribution in [0.15, 0.2) is 36.4 Å². The maximum absolute atomic E-state index is 13.7. The molecule has 5 nitrogen and oxygen atoms in total. The average Bonchev–Trinajstić information content (AvgIpc) is 2.92. The van der Waals surface area contributed by atoms with Crippen molar-refractivity contribution in [2.75, 3.05) is 17.2 Å². The first-order valence-corrected chi connectivity index (χ1v) is 8.31. The van der Waals surface area contributed by atoms with Crippen LogP contribution in [0.1, 0.15) is 6.92 Å². The van der Waals surface area contributed by atoms with Crippen LogP contribution in [-0.4, -0.2) is 17.6 Å². The molecule has 0 spiro atoms. The number of benzene rings is 2. The number of nitrogens with one attached hydrogen (secondary N) is 2. The Morgan fingerprint density at radius 3 is 2.88 bits per heavy atom. The SMILES string of the molecule is CCOc1ccc2nc(NC(=O)Nc3ccc(Cl)cc3F)sc2c1. The summed E-state index contributed by atoms with van der Waals surface area (Å²) in [6.07, 6.45) is 0. The Balaban J connectivity index is 1.73. The number of hydrogen-bond donors (Lipinski definition) is 2. The molecule has 2 aromatic carbocycles. The lowest BCUT2D eigenvalue weighted by atomic mass is 10.3. The van der Waals surface area contributed by atoms with Crippen LogP contribution >= 0.6 is 22.9 Å². The molecule has 3 rings (SSSR count). The van der Waals surface area contributed by atoms with Gasteiger partial charge in [-0.15, -0.1) is 0 Å². The molecule has 0 unspecified atom stereocenters. The lowest BCUT2D eigenvalue weighted by Gasteiger charge is -2.06. The number of carbonyl (C=O) groups excluding carboxylic acids is 1. The number of fused-ring (bicyclic) bond motifs is 1. The van der Waals surface area contributed by atoms with Gasteiger partial charge in [0.2, 0.25) is 0 Å². The maximum Gasteiger partial charge on any atom is 0.325 e. The summed E-state index contributed by atoms with van der Waals surface area (Å²) in [4.78, 5) is 16.3. The zero-order valence-corrected chi connectivity index (χ0v) is 14.2. The molecule has 0 aliphatic carbocycles. The van der Waals surface area contributed by atoms with Crippen molar-refractivity contribution in [1.29, 1.82) is 0 Å². The second-order valence-corrected chi connectivity index (χ2v) is 6.25. The number of rotatable bonds is 4. The molecule has 1 heterocycles. The standard InChI is InChI=1S/C16H13ClFN3O2S/c1-2-23-10-4-6-13-14(8-10)24-16(20-13)21-15(22)19-12-5-3-9(17)7-11(12)18/h3-8H,2H2,1H3,(H2,19,20,21,22). The number of hydrogen-bond acceptors (Lipinski definition) is 4. The van der Waals surface area contributed by atoms with Crippen molar-refractivity contribution in [2.45, 2.75) is 6.92 Å². The van der Waals surface area contributed by atoms with Crippen LogP contribution in [0.25, 0.3) is 10.2 Å². The molecule has 0 fully saturated rings. The Morgan fingerprint density at radius 2 is 2.12 bits per heavy atom.